The van der Waals surface area contributed by atoms with Gasteiger partial charge in [0.25, 0.3) is 0 Å². The van der Waals surface area contributed by atoms with Crippen LogP contribution in [0.4, 0.5) is 0 Å². The lowest BCUT2D eigenvalue weighted by atomic mass is 10.3. The average molecular weight is 462 g/mol. The number of guanidine groups is 1. The van der Waals surface area contributed by atoms with Gasteiger partial charge in [-0.05, 0) is 13.0 Å². The van der Waals surface area contributed by atoms with E-state index in [0.29, 0.717) is 32.2 Å². The van der Waals surface area contributed by atoms with Crippen molar-refractivity contribution in [2.75, 3.05) is 46.0 Å². The van der Waals surface area contributed by atoms with E-state index in [1.165, 1.54) is 0 Å². The van der Waals surface area contributed by atoms with E-state index < -0.39 is 0 Å². The number of rotatable bonds is 5. The SMILES string of the molecule is CCNC(=NCC1COCCO1)N1CCC(Oc2ccccn2)C1.I. The van der Waals surface area contributed by atoms with Crippen molar-refractivity contribution in [3.63, 3.8) is 0 Å². The molecule has 2 aliphatic heterocycles. The molecule has 2 unspecified atom stereocenters. The Balaban J connectivity index is 0.00000225. The molecule has 0 saturated carbocycles. The number of pyridine rings is 1. The minimum absolute atomic E-state index is 0. The maximum Gasteiger partial charge on any atom is 0.213 e. The minimum atomic E-state index is 0. The summed E-state index contributed by atoms with van der Waals surface area (Å²) < 4.78 is 17.0. The Morgan fingerprint density at radius 1 is 1.44 bits per heavy atom. The predicted octanol–water partition coefficient (Wildman–Crippen LogP) is 1.53. The van der Waals surface area contributed by atoms with Crippen LogP contribution in [0.2, 0.25) is 0 Å². The van der Waals surface area contributed by atoms with Crippen LogP contribution in [0, 0.1) is 0 Å². The Labute approximate surface area is 166 Å². The molecule has 1 aromatic heterocycles. The van der Waals surface area contributed by atoms with E-state index >= 15 is 0 Å². The van der Waals surface area contributed by atoms with Crippen LogP contribution in [-0.4, -0.2) is 74.1 Å². The van der Waals surface area contributed by atoms with Gasteiger partial charge in [0.15, 0.2) is 5.96 Å². The number of halogens is 1. The van der Waals surface area contributed by atoms with Crippen LogP contribution in [-0.2, 0) is 9.47 Å². The smallest absolute Gasteiger partial charge is 0.213 e. The first-order valence-electron chi connectivity index (χ1n) is 8.65. The number of hydrogen-bond donors (Lipinski definition) is 1. The van der Waals surface area contributed by atoms with Gasteiger partial charge in [0.1, 0.15) is 12.2 Å². The van der Waals surface area contributed by atoms with Gasteiger partial charge in [0.2, 0.25) is 5.88 Å². The summed E-state index contributed by atoms with van der Waals surface area (Å²) in [6, 6.07) is 5.72. The van der Waals surface area contributed by atoms with E-state index in [1.807, 2.05) is 18.2 Å². The van der Waals surface area contributed by atoms with E-state index in [4.69, 9.17) is 19.2 Å². The molecular formula is C17H27IN4O3. The van der Waals surface area contributed by atoms with Crippen LogP contribution in [0.1, 0.15) is 13.3 Å². The molecule has 0 aromatic carbocycles. The summed E-state index contributed by atoms with van der Waals surface area (Å²) in [6.07, 6.45) is 2.90. The van der Waals surface area contributed by atoms with Crippen molar-refractivity contribution in [3.05, 3.63) is 24.4 Å². The first-order chi connectivity index (χ1) is 11.8. The van der Waals surface area contributed by atoms with Crippen molar-refractivity contribution in [1.29, 1.82) is 0 Å². The molecule has 1 aromatic rings. The second-order valence-corrected chi connectivity index (χ2v) is 5.90. The molecule has 1 N–H and O–H groups in total. The summed E-state index contributed by atoms with van der Waals surface area (Å²) in [4.78, 5) is 11.2. The summed E-state index contributed by atoms with van der Waals surface area (Å²) in [7, 11) is 0. The summed E-state index contributed by atoms with van der Waals surface area (Å²) >= 11 is 0. The van der Waals surface area contributed by atoms with E-state index in [9.17, 15) is 0 Å². The highest BCUT2D eigenvalue weighted by molar-refractivity contribution is 14.0. The Kier molecular flexibility index (Phi) is 8.70. The number of ether oxygens (including phenoxy) is 3. The van der Waals surface area contributed by atoms with Crippen molar-refractivity contribution in [3.8, 4) is 5.88 Å². The molecule has 140 valence electrons. The Bertz CT molecular complexity index is 526. The molecule has 2 fully saturated rings. The van der Waals surface area contributed by atoms with Gasteiger partial charge in [-0.15, -0.1) is 24.0 Å². The van der Waals surface area contributed by atoms with Crippen molar-refractivity contribution < 1.29 is 14.2 Å². The third-order valence-corrected chi connectivity index (χ3v) is 4.03. The number of aromatic nitrogens is 1. The van der Waals surface area contributed by atoms with Gasteiger partial charge in [0, 0.05) is 31.8 Å². The summed E-state index contributed by atoms with van der Waals surface area (Å²) in [5.74, 6) is 1.60. The minimum Gasteiger partial charge on any atom is -0.472 e. The molecule has 0 spiro atoms. The molecule has 7 nitrogen and oxygen atoms in total. The van der Waals surface area contributed by atoms with Gasteiger partial charge in [-0.1, -0.05) is 6.07 Å². The summed E-state index contributed by atoms with van der Waals surface area (Å²) in [6.45, 7) is 7.21. The quantitative estimate of drug-likeness (QED) is 0.407. The number of hydrogen-bond acceptors (Lipinski definition) is 5. The first kappa shape index (κ1) is 20.2. The number of nitrogens with one attached hydrogen (secondary N) is 1. The number of aliphatic imine (C=N–C) groups is 1. The largest absolute Gasteiger partial charge is 0.472 e. The molecule has 3 heterocycles. The van der Waals surface area contributed by atoms with Crippen molar-refractivity contribution in [2.24, 2.45) is 4.99 Å². The lowest BCUT2D eigenvalue weighted by Gasteiger charge is -2.24. The van der Waals surface area contributed by atoms with Crippen LogP contribution < -0.4 is 10.1 Å². The van der Waals surface area contributed by atoms with Gasteiger partial charge in [-0.25, -0.2) is 4.98 Å². The second-order valence-electron chi connectivity index (χ2n) is 5.90. The normalized spacial score (nSPS) is 23.9. The molecule has 3 rings (SSSR count). The van der Waals surface area contributed by atoms with Gasteiger partial charge in [0.05, 0.1) is 32.9 Å². The van der Waals surface area contributed by atoms with Crippen molar-refractivity contribution >= 4 is 29.9 Å². The third kappa shape index (κ3) is 6.27. The fraction of sp³-hybridized carbons (Fsp3) is 0.647. The molecular weight excluding hydrogens is 435 g/mol. The average Bonchev–Trinajstić information content (AvgIpc) is 3.09. The maximum atomic E-state index is 5.95. The molecule has 0 radical (unpaired) electrons. The van der Waals surface area contributed by atoms with E-state index in [1.54, 1.807) is 6.20 Å². The zero-order valence-electron chi connectivity index (χ0n) is 14.6. The fourth-order valence-electron chi connectivity index (χ4n) is 2.86. The van der Waals surface area contributed by atoms with Crippen molar-refractivity contribution in [2.45, 2.75) is 25.6 Å². The van der Waals surface area contributed by atoms with E-state index in [2.05, 4.69) is 22.1 Å². The fourth-order valence-corrected chi connectivity index (χ4v) is 2.86. The van der Waals surface area contributed by atoms with Gasteiger partial charge in [-0.3, -0.25) is 4.99 Å². The molecule has 25 heavy (non-hydrogen) atoms. The first-order valence-corrected chi connectivity index (χ1v) is 8.65. The lowest BCUT2D eigenvalue weighted by molar-refractivity contribution is -0.0833. The van der Waals surface area contributed by atoms with E-state index in [-0.39, 0.29) is 36.2 Å². The highest BCUT2D eigenvalue weighted by Gasteiger charge is 2.27. The second kappa shape index (κ2) is 10.8. The van der Waals surface area contributed by atoms with Gasteiger partial charge >= 0.3 is 0 Å². The molecule has 2 aliphatic rings. The monoisotopic (exact) mass is 462 g/mol. The predicted molar refractivity (Wildman–Crippen MR) is 107 cm³/mol. The Hall–Kier alpha value is -1.13. The van der Waals surface area contributed by atoms with Crippen LogP contribution >= 0.6 is 24.0 Å². The number of likely N-dealkylation sites (tertiary alicyclic amines) is 1. The topological polar surface area (TPSA) is 68.2 Å². The summed E-state index contributed by atoms with van der Waals surface area (Å²) in [5.41, 5.74) is 0. The molecule has 2 atom stereocenters. The van der Waals surface area contributed by atoms with Crippen LogP contribution in [0.5, 0.6) is 5.88 Å². The highest BCUT2D eigenvalue weighted by atomic mass is 127. The van der Waals surface area contributed by atoms with Crippen molar-refractivity contribution in [1.82, 2.24) is 15.2 Å². The summed E-state index contributed by atoms with van der Waals surface area (Å²) in [5, 5.41) is 3.36. The van der Waals surface area contributed by atoms with Crippen LogP contribution in [0.15, 0.2) is 29.4 Å². The van der Waals surface area contributed by atoms with Gasteiger partial charge in [-0.2, -0.15) is 0 Å². The highest BCUT2D eigenvalue weighted by Crippen LogP contribution is 2.16. The molecule has 2 saturated heterocycles. The molecule has 0 amide bonds. The molecule has 0 aliphatic carbocycles. The van der Waals surface area contributed by atoms with E-state index in [0.717, 1.165) is 32.0 Å². The Morgan fingerprint density at radius 3 is 3.08 bits per heavy atom. The zero-order valence-corrected chi connectivity index (χ0v) is 16.9. The van der Waals surface area contributed by atoms with Crippen LogP contribution in [0.25, 0.3) is 0 Å². The Morgan fingerprint density at radius 2 is 2.36 bits per heavy atom. The molecule has 8 heteroatoms. The lowest BCUT2D eigenvalue weighted by Crippen LogP contribution is -2.42. The standard InChI is InChI=1S/C17H26N4O3.HI/c1-2-18-17(20-11-15-13-22-9-10-23-15)21-8-6-14(12-21)24-16-5-3-4-7-19-16;/h3-5,7,14-15H,2,6,8-13H2,1H3,(H,18,20);1H. The molecule has 0 bridgehead atoms. The maximum absolute atomic E-state index is 5.95. The van der Waals surface area contributed by atoms with Gasteiger partial charge < -0.3 is 24.4 Å². The zero-order chi connectivity index (χ0) is 16.6. The van der Waals surface area contributed by atoms with Crippen LogP contribution in [0.3, 0.4) is 0 Å². The third-order valence-electron chi connectivity index (χ3n) is 4.03. The number of nitrogens with zero attached hydrogens (tertiary/aromatic N) is 3.